The van der Waals surface area contributed by atoms with Gasteiger partial charge in [-0.3, -0.25) is 10.1 Å². The Morgan fingerprint density at radius 3 is 2.55 bits per heavy atom. The lowest BCUT2D eigenvalue weighted by molar-refractivity contribution is -0.127. The third-order valence-corrected chi connectivity index (χ3v) is 3.79. The predicted molar refractivity (Wildman–Crippen MR) is 75.9 cm³/mol. The Balaban J connectivity index is 2.65. The van der Waals surface area contributed by atoms with E-state index in [0.29, 0.717) is 4.88 Å². The van der Waals surface area contributed by atoms with Gasteiger partial charge in [0.1, 0.15) is 4.88 Å². The highest BCUT2D eigenvalue weighted by Gasteiger charge is 2.21. The summed E-state index contributed by atoms with van der Waals surface area (Å²) in [6.45, 7) is 5.35. The van der Waals surface area contributed by atoms with Crippen molar-refractivity contribution in [3.63, 3.8) is 0 Å². The average Bonchev–Trinajstić information content (AvgIpc) is 2.79. The lowest BCUT2D eigenvalue weighted by atomic mass is 10.2. The second kappa shape index (κ2) is 7.04. The Hall–Kier alpha value is -1.89. The van der Waals surface area contributed by atoms with Gasteiger partial charge in [0.2, 0.25) is 0 Å². The van der Waals surface area contributed by atoms with Crippen LogP contribution in [0.4, 0.5) is 4.79 Å². The van der Waals surface area contributed by atoms with E-state index in [1.807, 2.05) is 13.8 Å². The van der Waals surface area contributed by atoms with Crippen LogP contribution in [0.15, 0.2) is 6.07 Å². The molecule has 0 saturated heterocycles. The van der Waals surface area contributed by atoms with Crippen LogP contribution < -0.4 is 10.6 Å². The first kappa shape index (κ1) is 16.2. The highest BCUT2D eigenvalue weighted by atomic mass is 32.1. The number of urea groups is 1. The third kappa shape index (κ3) is 4.06. The average molecular weight is 298 g/mol. The molecule has 1 rings (SSSR count). The van der Waals surface area contributed by atoms with Crippen LogP contribution >= 0.6 is 11.3 Å². The van der Waals surface area contributed by atoms with Gasteiger partial charge in [0.15, 0.2) is 6.10 Å². The van der Waals surface area contributed by atoms with Crippen LogP contribution in [0, 0.1) is 6.92 Å². The van der Waals surface area contributed by atoms with Crippen molar-refractivity contribution in [2.75, 3.05) is 7.05 Å². The number of imide groups is 1. The number of carbonyl (C=O) groups is 3. The largest absolute Gasteiger partial charge is 0.448 e. The molecule has 0 aromatic carbocycles. The van der Waals surface area contributed by atoms with E-state index in [9.17, 15) is 14.4 Å². The van der Waals surface area contributed by atoms with E-state index in [1.54, 1.807) is 6.07 Å². The highest BCUT2D eigenvalue weighted by Crippen LogP contribution is 2.23. The van der Waals surface area contributed by atoms with Gasteiger partial charge in [-0.2, -0.15) is 0 Å². The number of ether oxygens (including phenoxy) is 1. The zero-order chi connectivity index (χ0) is 15.3. The lowest BCUT2D eigenvalue weighted by Crippen LogP contribution is -2.43. The van der Waals surface area contributed by atoms with E-state index < -0.39 is 24.0 Å². The molecule has 2 N–H and O–H groups in total. The molecule has 0 radical (unpaired) electrons. The van der Waals surface area contributed by atoms with Crippen LogP contribution in [0.3, 0.4) is 0 Å². The number of carbonyl (C=O) groups excluding carboxylic acids is 3. The normalized spacial score (nSPS) is 11.6. The van der Waals surface area contributed by atoms with Crippen molar-refractivity contribution in [1.82, 2.24) is 10.6 Å². The first-order valence-corrected chi connectivity index (χ1v) is 7.03. The summed E-state index contributed by atoms with van der Waals surface area (Å²) in [5.74, 6) is -1.22. The molecule has 6 nitrogen and oxygen atoms in total. The van der Waals surface area contributed by atoms with Crippen molar-refractivity contribution in [1.29, 1.82) is 0 Å². The molecule has 110 valence electrons. The zero-order valence-electron chi connectivity index (χ0n) is 11.9. The van der Waals surface area contributed by atoms with Gasteiger partial charge >= 0.3 is 12.0 Å². The van der Waals surface area contributed by atoms with Gasteiger partial charge < -0.3 is 10.1 Å². The van der Waals surface area contributed by atoms with Crippen molar-refractivity contribution < 1.29 is 19.1 Å². The number of amides is 3. The maximum Gasteiger partial charge on any atom is 0.349 e. The second-order valence-corrected chi connectivity index (χ2v) is 5.42. The summed E-state index contributed by atoms with van der Waals surface area (Å²) in [4.78, 5) is 36.0. The Bertz CT molecular complexity index is 524. The smallest absolute Gasteiger partial charge is 0.349 e. The first-order valence-electron chi connectivity index (χ1n) is 6.21. The SMILES string of the molecule is CCc1cc(C(=O)OC(C)C(=O)NC(=O)NC)sc1C. The summed E-state index contributed by atoms with van der Waals surface area (Å²) in [6, 6.07) is 1.13. The number of esters is 1. The molecule has 0 spiro atoms. The van der Waals surface area contributed by atoms with Crippen molar-refractivity contribution in [2.24, 2.45) is 0 Å². The molecule has 0 fully saturated rings. The van der Waals surface area contributed by atoms with Crippen molar-refractivity contribution in [2.45, 2.75) is 33.3 Å². The topological polar surface area (TPSA) is 84.5 Å². The minimum absolute atomic E-state index is 0.457. The molecule has 0 aliphatic carbocycles. The number of hydrogen-bond donors (Lipinski definition) is 2. The Morgan fingerprint density at radius 2 is 2.05 bits per heavy atom. The van der Waals surface area contributed by atoms with E-state index in [2.05, 4.69) is 10.6 Å². The quantitative estimate of drug-likeness (QED) is 0.827. The molecule has 0 aliphatic heterocycles. The Kier molecular flexibility index (Phi) is 5.69. The van der Waals surface area contributed by atoms with Gasteiger partial charge in [0, 0.05) is 11.9 Å². The fourth-order valence-corrected chi connectivity index (χ4v) is 2.52. The summed E-state index contributed by atoms with van der Waals surface area (Å²) in [5, 5.41) is 4.30. The van der Waals surface area contributed by atoms with Gasteiger partial charge in [-0.25, -0.2) is 9.59 Å². The molecule has 1 heterocycles. The molecular formula is C13H18N2O4S. The van der Waals surface area contributed by atoms with E-state index in [0.717, 1.165) is 16.9 Å². The molecule has 7 heteroatoms. The van der Waals surface area contributed by atoms with Gasteiger partial charge in [0.05, 0.1) is 0 Å². The number of aryl methyl sites for hydroxylation is 2. The third-order valence-electron chi connectivity index (χ3n) is 2.72. The molecule has 1 atom stereocenters. The van der Waals surface area contributed by atoms with Gasteiger partial charge in [-0.15, -0.1) is 11.3 Å². The van der Waals surface area contributed by atoms with Crippen LogP contribution in [-0.2, 0) is 16.0 Å². The monoisotopic (exact) mass is 298 g/mol. The summed E-state index contributed by atoms with van der Waals surface area (Å²) in [6.07, 6.45) is -0.199. The molecular weight excluding hydrogens is 280 g/mol. The van der Waals surface area contributed by atoms with Crippen LogP contribution in [0.1, 0.15) is 34.0 Å². The molecule has 0 saturated carbocycles. The first-order chi connectivity index (χ1) is 9.38. The van der Waals surface area contributed by atoms with E-state index in [4.69, 9.17) is 4.74 Å². The molecule has 20 heavy (non-hydrogen) atoms. The number of thiophene rings is 1. The highest BCUT2D eigenvalue weighted by molar-refractivity contribution is 7.14. The predicted octanol–water partition coefficient (Wildman–Crippen LogP) is 1.62. The van der Waals surface area contributed by atoms with E-state index in [-0.39, 0.29) is 0 Å². The van der Waals surface area contributed by atoms with Gasteiger partial charge in [-0.1, -0.05) is 6.92 Å². The van der Waals surface area contributed by atoms with E-state index >= 15 is 0 Å². The van der Waals surface area contributed by atoms with Crippen LogP contribution in [-0.4, -0.2) is 31.1 Å². The van der Waals surface area contributed by atoms with Gasteiger partial charge in [0.25, 0.3) is 5.91 Å². The lowest BCUT2D eigenvalue weighted by Gasteiger charge is -2.11. The summed E-state index contributed by atoms with van der Waals surface area (Å²) >= 11 is 1.33. The minimum Gasteiger partial charge on any atom is -0.448 e. The summed E-state index contributed by atoms with van der Waals surface area (Å²) in [5.41, 5.74) is 1.09. The molecule has 0 aliphatic rings. The summed E-state index contributed by atoms with van der Waals surface area (Å²) in [7, 11) is 1.39. The minimum atomic E-state index is -1.03. The standard InChI is InChI=1S/C13H18N2O4S/c1-5-9-6-10(20-8(9)3)12(17)19-7(2)11(16)15-13(18)14-4/h6-7H,5H2,1-4H3,(H2,14,15,16,18). The number of rotatable bonds is 4. The molecule has 1 aromatic rings. The number of hydrogen-bond acceptors (Lipinski definition) is 5. The Labute approximate surface area is 121 Å². The maximum atomic E-state index is 11.9. The van der Waals surface area contributed by atoms with Crippen LogP contribution in [0.2, 0.25) is 0 Å². The van der Waals surface area contributed by atoms with Crippen molar-refractivity contribution >= 4 is 29.2 Å². The fraction of sp³-hybridized carbons (Fsp3) is 0.462. The van der Waals surface area contributed by atoms with Crippen molar-refractivity contribution in [3.05, 3.63) is 21.4 Å². The van der Waals surface area contributed by atoms with Crippen molar-refractivity contribution in [3.8, 4) is 0 Å². The second-order valence-electron chi connectivity index (χ2n) is 4.16. The Morgan fingerprint density at radius 1 is 1.40 bits per heavy atom. The van der Waals surface area contributed by atoms with Crippen LogP contribution in [0.5, 0.6) is 0 Å². The zero-order valence-corrected chi connectivity index (χ0v) is 12.7. The molecule has 1 aromatic heterocycles. The summed E-state index contributed by atoms with van der Waals surface area (Å²) < 4.78 is 5.04. The fourth-order valence-electron chi connectivity index (χ4n) is 1.52. The number of nitrogens with one attached hydrogen (secondary N) is 2. The molecule has 3 amide bonds. The molecule has 1 unspecified atom stereocenters. The van der Waals surface area contributed by atoms with Gasteiger partial charge in [-0.05, 0) is 31.9 Å². The van der Waals surface area contributed by atoms with E-state index in [1.165, 1.54) is 25.3 Å². The molecule has 0 bridgehead atoms. The van der Waals surface area contributed by atoms with Crippen LogP contribution in [0.25, 0.3) is 0 Å². The maximum absolute atomic E-state index is 11.9.